The van der Waals surface area contributed by atoms with Gasteiger partial charge in [-0.3, -0.25) is 0 Å². The van der Waals surface area contributed by atoms with Crippen molar-refractivity contribution >= 4 is 11.7 Å². The number of rotatable bonds is 6. The van der Waals surface area contributed by atoms with Crippen molar-refractivity contribution in [1.82, 2.24) is 0 Å². The Balaban J connectivity index is 2.75. The average molecular weight is 263 g/mol. The Labute approximate surface area is 114 Å². The topological polar surface area (TPSA) is 38.8 Å². The first-order chi connectivity index (χ1) is 9.12. The molecule has 0 spiro atoms. The first-order valence-electron chi connectivity index (χ1n) is 6.24. The standard InChI is InChI=1S/C15H21NO3/c1-5-12(15(17)19-4)9-10-16(2)13-7-6-8-14(11-13)18-3/h6-9,11H,5,10H2,1-4H3. The summed E-state index contributed by atoms with van der Waals surface area (Å²) in [4.78, 5) is 13.5. The van der Waals surface area contributed by atoms with E-state index in [1.165, 1.54) is 7.11 Å². The molecule has 0 saturated carbocycles. The first-order valence-corrected chi connectivity index (χ1v) is 6.24. The van der Waals surface area contributed by atoms with Crippen molar-refractivity contribution in [2.24, 2.45) is 0 Å². The summed E-state index contributed by atoms with van der Waals surface area (Å²) in [5, 5.41) is 0. The predicted molar refractivity (Wildman–Crippen MR) is 76.7 cm³/mol. The van der Waals surface area contributed by atoms with E-state index in [9.17, 15) is 4.79 Å². The Morgan fingerprint density at radius 3 is 2.68 bits per heavy atom. The van der Waals surface area contributed by atoms with Gasteiger partial charge in [0.15, 0.2) is 0 Å². The minimum absolute atomic E-state index is 0.262. The molecule has 0 N–H and O–H groups in total. The molecule has 0 unspecified atom stereocenters. The minimum atomic E-state index is -0.262. The molecule has 0 fully saturated rings. The summed E-state index contributed by atoms with van der Waals surface area (Å²) in [5.74, 6) is 0.554. The van der Waals surface area contributed by atoms with Gasteiger partial charge in [-0.15, -0.1) is 0 Å². The first kappa shape index (κ1) is 15.1. The molecule has 0 heterocycles. The molecule has 0 atom stereocenters. The maximum absolute atomic E-state index is 11.5. The molecule has 0 bridgehead atoms. The third-order valence-electron chi connectivity index (χ3n) is 2.93. The number of hydrogen-bond donors (Lipinski definition) is 0. The smallest absolute Gasteiger partial charge is 0.333 e. The van der Waals surface area contributed by atoms with Gasteiger partial charge in [0.25, 0.3) is 0 Å². The van der Waals surface area contributed by atoms with Crippen LogP contribution in [0.5, 0.6) is 5.75 Å². The second-order valence-corrected chi connectivity index (χ2v) is 4.16. The lowest BCUT2D eigenvalue weighted by Gasteiger charge is -2.18. The number of methoxy groups -OCH3 is 2. The van der Waals surface area contributed by atoms with Crippen molar-refractivity contribution < 1.29 is 14.3 Å². The molecule has 1 rings (SSSR count). The Hall–Kier alpha value is -1.97. The van der Waals surface area contributed by atoms with Gasteiger partial charge in [0.2, 0.25) is 0 Å². The Morgan fingerprint density at radius 1 is 1.37 bits per heavy atom. The largest absolute Gasteiger partial charge is 0.497 e. The lowest BCUT2D eigenvalue weighted by molar-refractivity contribution is -0.136. The van der Waals surface area contributed by atoms with Crippen molar-refractivity contribution in [3.05, 3.63) is 35.9 Å². The Bertz CT molecular complexity index is 454. The summed E-state index contributed by atoms with van der Waals surface area (Å²) in [6.07, 6.45) is 2.56. The zero-order chi connectivity index (χ0) is 14.3. The molecule has 4 nitrogen and oxygen atoms in total. The third kappa shape index (κ3) is 4.32. The van der Waals surface area contributed by atoms with Crippen LogP contribution in [0.25, 0.3) is 0 Å². The zero-order valence-electron chi connectivity index (χ0n) is 12.0. The number of carbonyl (C=O) groups excluding carboxylic acids is 1. The highest BCUT2D eigenvalue weighted by Crippen LogP contribution is 2.20. The van der Waals surface area contributed by atoms with E-state index in [2.05, 4.69) is 0 Å². The van der Waals surface area contributed by atoms with Crippen LogP contribution in [-0.2, 0) is 9.53 Å². The number of anilines is 1. The lowest BCUT2D eigenvalue weighted by Crippen LogP contribution is -2.18. The quantitative estimate of drug-likeness (QED) is 0.584. The summed E-state index contributed by atoms with van der Waals surface area (Å²) >= 11 is 0. The molecule has 0 radical (unpaired) electrons. The summed E-state index contributed by atoms with van der Waals surface area (Å²) in [6.45, 7) is 2.58. The van der Waals surface area contributed by atoms with Crippen LogP contribution in [0.15, 0.2) is 35.9 Å². The van der Waals surface area contributed by atoms with Crippen LogP contribution >= 0.6 is 0 Å². The van der Waals surface area contributed by atoms with Crippen LogP contribution in [0.1, 0.15) is 13.3 Å². The summed E-state index contributed by atoms with van der Waals surface area (Å²) in [5.41, 5.74) is 1.73. The van der Waals surface area contributed by atoms with Crippen LogP contribution in [-0.4, -0.2) is 33.8 Å². The van der Waals surface area contributed by atoms with Crippen molar-refractivity contribution in [2.75, 3.05) is 32.7 Å². The van der Waals surface area contributed by atoms with Crippen LogP contribution in [0.4, 0.5) is 5.69 Å². The van der Waals surface area contributed by atoms with Crippen LogP contribution in [0.3, 0.4) is 0 Å². The summed E-state index contributed by atoms with van der Waals surface area (Å²) in [6, 6.07) is 7.80. The number of esters is 1. The molecule has 1 aromatic carbocycles. The fourth-order valence-corrected chi connectivity index (χ4v) is 1.70. The van der Waals surface area contributed by atoms with Gasteiger partial charge in [-0.2, -0.15) is 0 Å². The van der Waals surface area contributed by atoms with Gasteiger partial charge in [-0.1, -0.05) is 19.1 Å². The van der Waals surface area contributed by atoms with Crippen LogP contribution in [0.2, 0.25) is 0 Å². The van der Waals surface area contributed by atoms with E-state index < -0.39 is 0 Å². The fraction of sp³-hybridized carbons (Fsp3) is 0.400. The Morgan fingerprint density at radius 2 is 2.11 bits per heavy atom. The molecule has 4 heteroatoms. The van der Waals surface area contributed by atoms with E-state index >= 15 is 0 Å². The van der Waals surface area contributed by atoms with Gasteiger partial charge in [0.05, 0.1) is 14.2 Å². The van der Waals surface area contributed by atoms with Crippen LogP contribution < -0.4 is 9.64 Å². The minimum Gasteiger partial charge on any atom is -0.497 e. The van der Waals surface area contributed by atoms with E-state index in [0.717, 1.165) is 11.4 Å². The fourth-order valence-electron chi connectivity index (χ4n) is 1.70. The van der Waals surface area contributed by atoms with Gasteiger partial charge in [0, 0.05) is 30.9 Å². The van der Waals surface area contributed by atoms with Crippen molar-refractivity contribution in [3.8, 4) is 5.75 Å². The second kappa shape index (κ2) is 7.46. The monoisotopic (exact) mass is 263 g/mol. The molecule has 0 saturated heterocycles. The molecule has 0 aliphatic heterocycles. The molecular weight excluding hydrogens is 242 g/mol. The Kier molecular flexibility index (Phi) is 5.93. The normalized spacial score (nSPS) is 11.1. The van der Waals surface area contributed by atoms with Gasteiger partial charge < -0.3 is 14.4 Å². The molecule has 0 aliphatic carbocycles. The summed E-state index contributed by atoms with van der Waals surface area (Å²) in [7, 11) is 5.01. The molecule has 104 valence electrons. The van der Waals surface area contributed by atoms with Crippen LogP contribution in [0, 0.1) is 0 Å². The number of carbonyl (C=O) groups is 1. The maximum Gasteiger partial charge on any atom is 0.333 e. The molecule has 1 aromatic rings. The number of likely N-dealkylation sites (N-methyl/N-ethyl adjacent to an activating group) is 1. The number of ether oxygens (including phenoxy) is 2. The average Bonchev–Trinajstić information content (AvgIpc) is 2.47. The van der Waals surface area contributed by atoms with E-state index in [1.54, 1.807) is 7.11 Å². The molecule has 19 heavy (non-hydrogen) atoms. The molecule has 0 amide bonds. The SMILES string of the molecule is CCC(=CCN(C)c1cccc(OC)c1)C(=O)OC. The summed E-state index contributed by atoms with van der Waals surface area (Å²) < 4.78 is 9.92. The lowest BCUT2D eigenvalue weighted by atomic mass is 10.2. The highest BCUT2D eigenvalue weighted by Gasteiger charge is 2.07. The molecule has 0 aromatic heterocycles. The zero-order valence-corrected chi connectivity index (χ0v) is 12.0. The maximum atomic E-state index is 11.5. The number of nitrogens with zero attached hydrogens (tertiary/aromatic N) is 1. The molecule has 0 aliphatic rings. The van der Waals surface area contributed by atoms with Gasteiger partial charge in [0.1, 0.15) is 5.75 Å². The van der Waals surface area contributed by atoms with E-state index in [-0.39, 0.29) is 5.97 Å². The van der Waals surface area contributed by atoms with Crippen molar-refractivity contribution in [3.63, 3.8) is 0 Å². The van der Waals surface area contributed by atoms with E-state index in [0.29, 0.717) is 18.5 Å². The number of benzene rings is 1. The van der Waals surface area contributed by atoms with Gasteiger partial charge in [-0.25, -0.2) is 4.79 Å². The van der Waals surface area contributed by atoms with E-state index in [1.807, 2.05) is 49.2 Å². The highest BCUT2D eigenvalue weighted by atomic mass is 16.5. The molecular formula is C15H21NO3. The van der Waals surface area contributed by atoms with Crippen molar-refractivity contribution in [1.29, 1.82) is 0 Å². The van der Waals surface area contributed by atoms with Crippen molar-refractivity contribution in [2.45, 2.75) is 13.3 Å². The predicted octanol–water partition coefficient (Wildman–Crippen LogP) is 2.64. The second-order valence-electron chi connectivity index (χ2n) is 4.16. The van der Waals surface area contributed by atoms with E-state index in [4.69, 9.17) is 9.47 Å². The van der Waals surface area contributed by atoms with Gasteiger partial charge in [-0.05, 0) is 18.6 Å². The number of hydrogen-bond acceptors (Lipinski definition) is 4. The van der Waals surface area contributed by atoms with Gasteiger partial charge >= 0.3 is 5.97 Å². The third-order valence-corrected chi connectivity index (χ3v) is 2.93. The highest BCUT2D eigenvalue weighted by molar-refractivity contribution is 5.88.